The fourth-order valence-electron chi connectivity index (χ4n) is 2.82. The highest BCUT2D eigenvalue weighted by Gasteiger charge is 2.48. The Balaban J connectivity index is 1.85. The average Bonchev–Trinajstić information content (AvgIpc) is 2.60. The molecule has 0 aliphatic carbocycles. The molecule has 3 rings (SSSR count). The van der Waals surface area contributed by atoms with Crippen molar-refractivity contribution in [2.24, 2.45) is 0 Å². The molecule has 1 heterocycles. The maximum atomic E-state index is 12.9. The maximum Gasteiger partial charge on any atom is 0.252 e. The van der Waals surface area contributed by atoms with Gasteiger partial charge in [-0.25, -0.2) is 0 Å². The number of hydrogen-bond donors (Lipinski definition) is 1. The van der Waals surface area contributed by atoms with E-state index in [-0.39, 0.29) is 17.9 Å². The number of benzene rings is 2. The number of hydrogen-bond acceptors (Lipinski definition) is 3. The zero-order chi connectivity index (χ0) is 17.3. The minimum Gasteiger partial charge on any atom is -0.348 e. The molecule has 0 saturated heterocycles. The number of amides is 2. The maximum absolute atomic E-state index is 12.9. The average molecular weight is 340 g/mol. The van der Waals surface area contributed by atoms with E-state index in [2.05, 4.69) is 5.32 Å². The van der Waals surface area contributed by atoms with E-state index in [1.165, 1.54) is 11.8 Å². The molecule has 2 unspecified atom stereocenters. The van der Waals surface area contributed by atoms with Gasteiger partial charge in [0.25, 0.3) is 5.91 Å². The second-order valence-corrected chi connectivity index (χ2v) is 7.53. The molecule has 24 heavy (non-hydrogen) atoms. The van der Waals surface area contributed by atoms with Gasteiger partial charge in [-0.2, -0.15) is 0 Å². The van der Waals surface area contributed by atoms with Crippen LogP contribution in [0.4, 0.5) is 5.69 Å². The van der Waals surface area contributed by atoms with E-state index < -0.39 is 4.75 Å². The van der Waals surface area contributed by atoms with Gasteiger partial charge in [0.1, 0.15) is 0 Å². The monoisotopic (exact) mass is 340 g/mol. The molecule has 0 radical (unpaired) electrons. The molecule has 0 spiro atoms. The first-order valence-corrected chi connectivity index (χ1v) is 8.67. The van der Waals surface area contributed by atoms with Crippen LogP contribution in [-0.2, 0) is 9.59 Å². The molecule has 4 nitrogen and oxygen atoms in total. The summed E-state index contributed by atoms with van der Waals surface area (Å²) in [5.74, 6) is -0.473. The lowest BCUT2D eigenvalue weighted by molar-refractivity contribution is -0.131. The van der Waals surface area contributed by atoms with E-state index in [4.69, 9.17) is 0 Å². The van der Waals surface area contributed by atoms with Crippen LogP contribution >= 0.6 is 11.8 Å². The van der Waals surface area contributed by atoms with Gasteiger partial charge >= 0.3 is 0 Å². The Morgan fingerprint density at radius 2 is 1.75 bits per heavy atom. The molecule has 2 amide bonds. The van der Waals surface area contributed by atoms with Crippen LogP contribution in [0.5, 0.6) is 0 Å². The molecule has 2 aromatic carbocycles. The van der Waals surface area contributed by atoms with Gasteiger partial charge in [0.05, 0.1) is 11.7 Å². The highest BCUT2D eigenvalue weighted by Crippen LogP contribution is 2.44. The Morgan fingerprint density at radius 1 is 1.12 bits per heavy atom. The van der Waals surface area contributed by atoms with Crippen molar-refractivity contribution in [3.63, 3.8) is 0 Å². The fraction of sp³-hybridized carbons (Fsp3) is 0.263. The van der Waals surface area contributed by atoms with Crippen LogP contribution in [0, 0.1) is 0 Å². The van der Waals surface area contributed by atoms with Gasteiger partial charge in [0.15, 0.2) is 4.75 Å². The molecule has 0 bridgehead atoms. The van der Waals surface area contributed by atoms with Gasteiger partial charge in [-0.3, -0.25) is 9.59 Å². The summed E-state index contributed by atoms with van der Waals surface area (Å²) in [5.41, 5.74) is 1.85. The number of carbonyl (C=O) groups is 2. The van der Waals surface area contributed by atoms with Crippen LogP contribution in [0.3, 0.4) is 0 Å². The number of para-hydroxylation sites is 1. The Bertz CT molecular complexity index is 778. The highest BCUT2D eigenvalue weighted by molar-refractivity contribution is 8.02. The van der Waals surface area contributed by atoms with Crippen molar-refractivity contribution in [1.82, 2.24) is 5.32 Å². The minimum atomic E-state index is -1.17. The SMILES string of the molecule is CC(NC(=O)C1(C)Sc2ccccc2N(C)C1=O)c1ccccc1. The van der Waals surface area contributed by atoms with Crippen LogP contribution in [-0.4, -0.2) is 23.6 Å². The van der Waals surface area contributed by atoms with Crippen molar-refractivity contribution >= 4 is 29.3 Å². The van der Waals surface area contributed by atoms with Gasteiger partial charge < -0.3 is 10.2 Å². The second-order valence-electron chi connectivity index (χ2n) is 6.07. The Kier molecular flexibility index (Phi) is 4.37. The number of rotatable bonds is 3. The summed E-state index contributed by atoms with van der Waals surface area (Å²) in [4.78, 5) is 28.2. The number of anilines is 1. The standard InChI is InChI=1S/C19H20N2O2S/c1-13(14-9-5-4-6-10-14)20-17(22)19(2)18(23)21(3)15-11-7-8-12-16(15)24-19/h4-13H,1-3H3,(H,20,22). The lowest BCUT2D eigenvalue weighted by Crippen LogP contribution is -2.55. The van der Waals surface area contributed by atoms with E-state index in [0.29, 0.717) is 0 Å². The Morgan fingerprint density at radius 3 is 2.46 bits per heavy atom. The molecule has 1 aliphatic heterocycles. The first kappa shape index (κ1) is 16.6. The minimum absolute atomic E-state index is 0.161. The largest absolute Gasteiger partial charge is 0.348 e. The van der Waals surface area contributed by atoms with Crippen LogP contribution in [0.25, 0.3) is 0 Å². The summed E-state index contributed by atoms with van der Waals surface area (Å²) in [6, 6.07) is 17.2. The Hall–Kier alpha value is -2.27. The molecule has 0 saturated carbocycles. The zero-order valence-corrected chi connectivity index (χ0v) is 14.8. The summed E-state index contributed by atoms with van der Waals surface area (Å²) in [6.07, 6.45) is 0. The lowest BCUT2D eigenvalue weighted by atomic mass is 10.0. The molecule has 2 atom stereocenters. The van der Waals surface area contributed by atoms with Crippen molar-refractivity contribution in [2.75, 3.05) is 11.9 Å². The van der Waals surface area contributed by atoms with Gasteiger partial charge in [0.2, 0.25) is 5.91 Å². The molecule has 1 N–H and O–H groups in total. The number of fused-ring (bicyclic) bond motifs is 1. The number of nitrogens with one attached hydrogen (secondary N) is 1. The third-order valence-electron chi connectivity index (χ3n) is 4.33. The van der Waals surface area contributed by atoms with Crippen molar-refractivity contribution in [2.45, 2.75) is 29.5 Å². The third kappa shape index (κ3) is 2.80. The Labute approximate surface area is 146 Å². The normalized spacial score (nSPS) is 21.1. The van der Waals surface area contributed by atoms with Crippen LogP contribution in [0.15, 0.2) is 59.5 Å². The van der Waals surface area contributed by atoms with Crippen molar-refractivity contribution in [3.05, 3.63) is 60.2 Å². The van der Waals surface area contributed by atoms with E-state index in [0.717, 1.165) is 16.1 Å². The first-order chi connectivity index (χ1) is 11.4. The predicted molar refractivity (Wildman–Crippen MR) is 97.1 cm³/mol. The summed E-state index contributed by atoms with van der Waals surface area (Å²) in [5, 5.41) is 2.98. The van der Waals surface area contributed by atoms with E-state index in [1.54, 1.807) is 18.9 Å². The van der Waals surface area contributed by atoms with Crippen LogP contribution in [0.1, 0.15) is 25.5 Å². The van der Waals surface area contributed by atoms with E-state index in [9.17, 15) is 9.59 Å². The topological polar surface area (TPSA) is 49.4 Å². The van der Waals surface area contributed by atoms with Gasteiger partial charge in [-0.05, 0) is 31.5 Å². The molecule has 0 aromatic heterocycles. The van der Waals surface area contributed by atoms with Crippen molar-refractivity contribution in [3.8, 4) is 0 Å². The first-order valence-electron chi connectivity index (χ1n) is 7.85. The number of thioether (sulfide) groups is 1. The second kappa shape index (κ2) is 6.32. The molecular weight excluding hydrogens is 320 g/mol. The van der Waals surface area contributed by atoms with E-state index >= 15 is 0 Å². The van der Waals surface area contributed by atoms with Crippen molar-refractivity contribution < 1.29 is 9.59 Å². The number of carbonyl (C=O) groups excluding carboxylic acids is 2. The van der Waals surface area contributed by atoms with E-state index in [1.807, 2.05) is 61.5 Å². The highest BCUT2D eigenvalue weighted by atomic mass is 32.2. The number of nitrogens with zero attached hydrogens (tertiary/aromatic N) is 1. The smallest absolute Gasteiger partial charge is 0.252 e. The molecule has 2 aromatic rings. The zero-order valence-electron chi connectivity index (χ0n) is 13.9. The molecular formula is C19H20N2O2S. The van der Waals surface area contributed by atoms with Crippen LogP contribution in [0.2, 0.25) is 0 Å². The van der Waals surface area contributed by atoms with Crippen LogP contribution < -0.4 is 10.2 Å². The molecule has 1 aliphatic rings. The summed E-state index contributed by atoms with van der Waals surface area (Å²) in [7, 11) is 1.72. The quantitative estimate of drug-likeness (QED) is 0.872. The van der Waals surface area contributed by atoms with Gasteiger partial charge in [-0.1, -0.05) is 54.2 Å². The lowest BCUT2D eigenvalue weighted by Gasteiger charge is -2.37. The third-order valence-corrected chi connectivity index (χ3v) is 5.67. The van der Waals surface area contributed by atoms with Gasteiger partial charge in [0, 0.05) is 11.9 Å². The predicted octanol–water partition coefficient (Wildman–Crippen LogP) is 3.39. The fourth-order valence-corrected chi connectivity index (χ4v) is 4.09. The molecule has 0 fully saturated rings. The van der Waals surface area contributed by atoms with Gasteiger partial charge in [-0.15, -0.1) is 0 Å². The summed E-state index contributed by atoms with van der Waals surface area (Å²) < 4.78 is -1.17. The molecule has 124 valence electrons. The summed E-state index contributed by atoms with van der Waals surface area (Å²) >= 11 is 1.31. The molecule has 5 heteroatoms. The van der Waals surface area contributed by atoms with Crippen molar-refractivity contribution in [1.29, 1.82) is 0 Å². The summed E-state index contributed by atoms with van der Waals surface area (Å²) in [6.45, 7) is 3.62.